The van der Waals surface area contributed by atoms with Crippen LogP contribution >= 0.6 is 11.5 Å². The average Bonchev–Trinajstić information content (AvgIpc) is 2.81. The van der Waals surface area contributed by atoms with E-state index in [4.69, 9.17) is 11.0 Å². The van der Waals surface area contributed by atoms with Gasteiger partial charge in [0, 0.05) is 38.8 Å². The van der Waals surface area contributed by atoms with E-state index in [1.807, 2.05) is 0 Å². The summed E-state index contributed by atoms with van der Waals surface area (Å²) in [7, 11) is 2.17. The SMILES string of the molecule is CC(C)C(CNc1snc(N)c1C#N)N1CCN(C)CC1. The fraction of sp³-hybridized carbons (Fsp3) is 0.714. The molecule has 2 rings (SSSR count). The zero-order chi connectivity index (χ0) is 15.4. The van der Waals surface area contributed by atoms with Crippen molar-refractivity contribution in [1.29, 1.82) is 5.26 Å². The first-order chi connectivity index (χ1) is 10.0. The van der Waals surface area contributed by atoms with Crippen molar-refractivity contribution in [2.45, 2.75) is 19.9 Å². The third-order valence-corrected chi connectivity index (χ3v) is 4.90. The van der Waals surface area contributed by atoms with Crippen LogP contribution in [0.2, 0.25) is 0 Å². The molecule has 3 N–H and O–H groups in total. The van der Waals surface area contributed by atoms with Crippen LogP contribution in [-0.2, 0) is 0 Å². The topological polar surface area (TPSA) is 81.2 Å². The molecule has 0 spiro atoms. The van der Waals surface area contributed by atoms with Crippen molar-refractivity contribution < 1.29 is 0 Å². The molecule has 116 valence electrons. The Morgan fingerprint density at radius 2 is 2.05 bits per heavy atom. The molecule has 1 unspecified atom stereocenters. The number of anilines is 2. The van der Waals surface area contributed by atoms with Crippen LogP contribution in [0.25, 0.3) is 0 Å². The molecule has 0 aromatic carbocycles. The zero-order valence-corrected chi connectivity index (χ0v) is 13.8. The predicted molar refractivity (Wildman–Crippen MR) is 87.4 cm³/mol. The van der Waals surface area contributed by atoms with Gasteiger partial charge in [0.1, 0.15) is 16.6 Å². The number of nitrogen functional groups attached to an aromatic ring is 1. The second-order valence-electron chi connectivity index (χ2n) is 5.92. The second kappa shape index (κ2) is 7.07. The summed E-state index contributed by atoms with van der Waals surface area (Å²) in [6.07, 6.45) is 0. The Balaban J connectivity index is 1.99. The van der Waals surface area contributed by atoms with Crippen molar-refractivity contribution in [1.82, 2.24) is 14.2 Å². The van der Waals surface area contributed by atoms with Gasteiger partial charge in [-0.25, -0.2) is 0 Å². The lowest BCUT2D eigenvalue weighted by Gasteiger charge is -2.40. The second-order valence-corrected chi connectivity index (χ2v) is 6.69. The Morgan fingerprint density at radius 3 is 2.62 bits per heavy atom. The van der Waals surface area contributed by atoms with Crippen LogP contribution in [0.15, 0.2) is 0 Å². The van der Waals surface area contributed by atoms with E-state index in [1.165, 1.54) is 11.5 Å². The third kappa shape index (κ3) is 3.84. The molecule has 2 heterocycles. The van der Waals surface area contributed by atoms with Gasteiger partial charge in [0.25, 0.3) is 0 Å². The van der Waals surface area contributed by atoms with E-state index in [1.54, 1.807) is 0 Å². The lowest BCUT2D eigenvalue weighted by molar-refractivity contribution is 0.0944. The molecule has 0 saturated carbocycles. The number of nitriles is 1. The van der Waals surface area contributed by atoms with Gasteiger partial charge in [0.05, 0.1) is 0 Å². The van der Waals surface area contributed by atoms with Crippen LogP contribution in [0.5, 0.6) is 0 Å². The monoisotopic (exact) mass is 308 g/mol. The highest BCUT2D eigenvalue weighted by Gasteiger charge is 2.25. The zero-order valence-electron chi connectivity index (χ0n) is 13.0. The van der Waals surface area contributed by atoms with E-state index in [2.05, 4.69) is 46.5 Å². The normalized spacial score (nSPS) is 18.6. The van der Waals surface area contributed by atoms with Gasteiger partial charge in [-0.3, -0.25) is 4.90 Å². The quantitative estimate of drug-likeness (QED) is 0.853. The van der Waals surface area contributed by atoms with E-state index < -0.39 is 0 Å². The minimum Gasteiger partial charge on any atom is -0.382 e. The summed E-state index contributed by atoms with van der Waals surface area (Å²) in [6, 6.07) is 2.57. The smallest absolute Gasteiger partial charge is 0.157 e. The highest BCUT2D eigenvalue weighted by atomic mass is 32.1. The number of hydrogen-bond donors (Lipinski definition) is 2. The fourth-order valence-electron chi connectivity index (χ4n) is 2.67. The van der Waals surface area contributed by atoms with Crippen molar-refractivity contribution in [2.75, 3.05) is 50.8 Å². The van der Waals surface area contributed by atoms with Crippen LogP contribution in [0.1, 0.15) is 19.4 Å². The van der Waals surface area contributed by atoms with Gasteiger partial charge in [-0.1, -0.05) is 13.8 Å². The molecule has 1 aliphatic rings. The molecule has 1 saturated heterocycles. The van der Waals surface area contributed by atoms with E-state index in [0.717, 1.165) is 37.7 Å². The van der Waals surface area contributed by atoms with Gasteiger partial charge in [-0.2, -0.15) is 9.64 Å². The molecule has 0 bridgehead atoms. The number of likely N-dealkylation sites (N-methyl/N-ethyl adjacent to an activating group) is 1. The Bertz CT molecular complexity index is 498. The molecule has 0 aliphatic carbocycles. The summed E-state index contributed by atoms with van der Waals surface area (Å²) in [5, 5.41) is 13.3. The van der Waals surface area contributed by atoms with Gasteiger partial charge in [0.2, 0.25) is 0 Å². The van der Waals surface area contributed by atoms with Crippen LogP contribution in [0.4, 0.5) is 10.8 Å². The number of piperazine rings is 1. The molecule has 0 amide bonds. The summed E-state index contributed by atoms with van der Waals surface area (Å²) in [4.78, 5) is 4.90. The number of hydrogen-bond acceptors (Lipinski definition) is 7. The number of aromatic nitrogens is 1. The molecule has 1 atom stereocenters. The standard InChI is InChI=1S/C14H24N6S/c1-10(2)12(20-6-4-19(3)5-7-20)9-17-14-11(8-15)13(16)18-21-14/h10,12,17H,4-7,9H2,1-3H3,(H2,16,18). The van der Waals surface area contributed by atoms with Crippen molar-refractivity contribution in [2.24, 2.45) is 5.92 Å². The largest absolute Gasteiger partial charge is 0.382 e. The van der Waals surface area contributed by atoms with Gasteiger partial charge >= 0.3 is 0 Å². The molecule has 1 fully saturated rings. The number of nitrogens with one attached hydrogen (secondary N) is 1. The van der Waals surface area contributed by atoms with Crippen LogP contribution in [0, 0.1) is 17.2 Å². The van der Waals surface area contributed by atoms with Crippen molar-refractivity contribution in [3.63, 3.8) is 0 Å². The van der Waals surface area contributed by atoms with Crippen LogP contribution in [-0.4, -0.2) is 60.0 Å². The van der Waals surface area contributed by atoms with E-state index in [0.29, 0.717) is 23.3 Å². The highest BCUT2D eigenvalue weighted by Crippen LogP contribution is 2.26. The third-order valence-electron chi connectivity index (χ3n) is 4.08. The molecule has 21 heavy (non-hydrogen) atoms. The minimum absolute atomic E-state index is 0.325. The predicted octanol–water partition coefficient (Wildman–Crippen LogP) is 1.28. The Morgan fingerprint density at radius 1 is 1.38 bits per heavy atom. The Kier molecular flexibility index (Phi) is 5.39. The molecule has 1 aliphatic heterocycles. The summed E-state index contributed by atoms with van der Waals surface area (Å²) in [5.74, 6) is 0.877. The average molecular weight is 308 g/mol. The molecule has 0 radical (unpaired) electrons. The van der Waals surface area contributed by atoms with Gasteiger partial charge in [-0.15, -0.1) is 0 Å². The first-order valence-corrected chi connectivity index (χ1v) is 8.12. The van der Waals surface area contributed by atoms with Gasteiger partial charge in [0.15, 0.2) is 5.82 Å². The first-order valence-electron chi connectivity index (χ1n) is 7.34. The molecular formula is C14H24N6S. The highest BCUT2D eigenvalue weighted by molar-refractivity contribution is 7.10. The first kappa shape index (κ1) is 16.0. The Labute approximate surface area is 130 Å². The maximum absolute atomic E-state index is 9.12. The number of nitrogens with zero attached hydrogens (tertiary/aromatic N) is 4. The molecule has 1 aromatic heterocycles. The number of nitrogens with two attached hydrogens (primary N) is 1. The van der Waals surface area contributed by atoms with Crippen molar-refractivity contribution in [3.8, 4) is 6.07 Å². The molecular weight excluding hydrogens is 284 g/mol. The van der Waals surface area contributed by atoms with Crippen molar-refractivity contribution >= 4 is 22.4 Å². The maximum Gasteiger partial charge on any atom is 0.157 e. The maximum atomic E-state index is 9.12. The minimum atomic E-state index is 0.325. The van der Waals surface area contributed by atoms with E-state index in [-0.39, 0.29) is 0 Å². The van der Waals surface area contributed by atoms with Gasteiger partial charge in [-0.05, 0) is 24.5 Å². The van der Waals surface area contributed by atoms with Crippen LogP contribution < -0.4 is 11.1 Å². The number of rotatable bonds is 5. The van der Waals surface area contributed by atoms with Crippen molar-refractivity contribution in [3.05, 3.63) is 5.56 Å². The summed E-state index contributed by atoms with van der Waals surface area (Å²) >= 11 is 1.27. The van der Waals surface area contributed by atoms with E-state index >= 15 is 0 Å². The lowest BCUT2D eigenvalue weighted by Crippen LogP contribution is -2.52. The molecule has 7 heteroatoms. The summed E-state index contributed by atoms with van der Waals surface area (Å²) in [6.45, 7) is 9.72. The van der Waals surface area contributed by atoms with Gasteiger partial charge < -0.3 is 16.0 Å². The van der Waals surface area contributed by atoms with E-state index in [9.17, 15) is 0 Å². The summed E-state index contributed by atoms with van der Waals surface area (Å²) in [5.41, 5.74) is 6.17. The Hall–Kier alpha value is -1.36. The fourth-order valence-corrected chi connectivity index (χ4v) is 3.34. The molecule has 6 nitrogen and oxygen atoms in total. The van der Waals surface area contributed by atoms with Crippen LogP contribution in [0.3, 0.4) is 0 Å². The lowest BCUT2D eigenvalue weighted by atomic mass is 10.0. The molecule has 1 aromatic rings. The summed E-state index contributed by atoms with van der Waals surface area (Å²) < 4.78 is 4.05.